The van der Waals surface area contributed by atoms with Crippen molar-refractivity contribution in [1.82, 2.24) is 14.4 Å². The minimum Gasteiger partial charge on any atom is -0.339 e. The highest BCUT2D eigenvalue weighted by Crippen LogP contribution is 2.28. The lowest BCUT2D eigenvalue weighted by Crippen LogP contribution is -2.22. The van der Waals surface area contributed by atoms with Crippen LogP contribution in [0.1, 0.15) is 11.1 Å². The molecule has 0 amide bonds. The van der Waals surface area contributed by atoms with E-state index in [4.69, 9.17) is 0 Å². The Labute approximate surface area is 206 Å². The van der Waals surface area contributed by atoms with Crippen LogP contribution in [0.4, 0.5) is 25.4 Å². The molecule has 0 radical (unpaired) electrons. The maximum atomic E-state index is 13.3. The van der Waals surface area contributed by atoms with Gasteiger partial charge >= 0.3 is 0 Å². The van der Waals surface area contributed by atoms with Crippen molar-refractivity contribution in [1.29, 1.82) is 0 Å². The van der Waals surface area contributed by atoms with E-state index >= 15 is 0 Å². The standard InChI is InChI=1S/C24H18F2N6OS2/c1-14-5-4-12-32-21(14)30-20(28-15-8-10-16(11-9-15)34-23(25)26)17(22(32)33)13-27-31-24-29-18-6-2-3-7-19(18)35-24/h2-13,23,28H,1H3,(H,29,31). The van der Waals surface area contributed by atoms with Crippen molar-refractivity contribution >= 4 is 61.8 Å². The molecule has 11 heteroatoms. The van der Waals surface area contributed by atoms with Crippen LogP contribution in [0.3, 0.4) is 0 Å². The molecule has 0 bridgehead atoms. The number of hydrogen-bond donors (Lipinski definition) is 2. The largest absolute Gasteiger partial charge is 0.339 e. The number of nitrogens with one attached hydrogen (secondary N) is 2. The van der Waals surface area contributed by atoms with Crippen molar-refractivity contribution in [3.05, 3.63) is 88.3 Å². The zero-order valence-electron chi connectivity index (χ0n) is 18.3. The zero-order valence-corrected chi connectivity index (χ0v) is 19.9. The molecule has 0 spiro atoms. The van der Waals surface area contributed by atoms with Gasteiger partial charge < -0.3 is 5.32 Å². The molecule has 0 aliphatic carbocycles. The number of rotatable bonds is 7. The van der Waals surface area contributed by atoms with Gasteiger partial charge in [-0.2, -0.15) is 13.9 Å². The molecule has 176 valence electrons. The maximum absolute atomic E-state index is 13.3. The van der Waals surface area contributed by atoms with Crippen molar-refractivity contribution < 1.29 is 8.78 Å². The molecule has 3 aromatic heterocycles. The number of aromatic nitrogens is 3. The molecule has 7 nitrogen and oxygen atoms in total. The number of fused-ring (bicyclic) bond motifs is 2. The van der Waals surface area contributed by atoms with Crippen molar-refractivity contribution in [2.75, 3.05) is 10.7 Å². The molecule has 0 aliphatic rings. The van der Waals surface area contributed by atoms with Gasteiger partial charge in [-0.05, 0) is 55.0 Å². The van der Waals surface area contributed by atoms with Crippen LogP contribution in [0.5, 0.6) is 0 Å². The van der Waals surface area contributed by atoms with E-state index in [2.05, 4.69) is 25.8 Å². The number of benzene rings is 2. The summed E-state index contributed by atoms with van der Waals surface area (Å²) in [6.45, 7) is 1.87. The first-order valence-corrected chi connectivity index (χ1v) is 12.2. The summed E-state index contributed by atoms with van der Waals surface area (Å²) < 4.78 is 27.7. The van der Waals surface area contributed by atoms with Gasteiger partial charge in [0.05, 0.1) is 16.4 Å². The van der Waals surface area contributed by atoms with E-state index in [0.717, 1.165) is 15.8 Å². The minimum absolute atomic E-state index is 0.229. The van der Waals surface area contributed by atoms with Gasteiger partial charge in [-0.25, -0.2) is 9.97 Å². The van der Waals surface area contributed by atoms with Crippen LogP contribution in [0.15, 0.2) is 81.7 Å². The third-order valence-electron chi connectivity index (χ3n) is 5.07. The fourth-order valence-electron chi connectivity index (χ4n) is 3.45. The fraction of sp³-hybridized carbons (Fsp3) is 0.0833. The predicted octanol–water partition coefficient (Wildman–Crippen LogP) is 6.12. The lowest BCUT2D eigenvalue weighted by molar-refractivity contribution is 0.252. The highest BCUT2D eigenvalue weighted by atomic mass is 32.2. The van der Waals surface area contributed by atoms with Gasteiger partial charge in [0.1, 0.15) is 17.0 Å². The van der Waals surface area contributed by atoms with Gasteiger partial charge in [0.2, 0.25) is 5.13 Å². The zero-order chi connectivity index (χ0) is 24.4. The summed E-state index contributed by atoms with van der Waals surface area (Å²) in [7, 11) is 0. The van der Waals surface area contributed by atoms with Crippen LogP contribution in [-0.4, -0.2) is 26.3 Å². The van der Waals surface area contributed by atoms with Gasteiger partial charge in [0, 0.05) is 16.8 Å². The second-order valence-corrected chi connectivity index (χ2v) is 9.54. The van der Waals surface area contributed by atoms with Crippen LogP contribution >= 0.6 is 23.1 Å². The third-order valence-corrected chi connectivity index (χ3v) is 6.74. The molecule has 0 saturated carbocycles. The average molecular weight is 509 g/mol. The summed E-state index contributed by atoms with van der Waals surface area (Å²) in [5.41, 5.74) is 5.59. The Morgan fingerprint density at radius 2 is 1.89 bits per heavy atom. The topological polar surface area (TPSA) is 83.7 Å². The van der Waals surface area contributed by atoms with Crippen molar-refractivity contribution in [3.8, 4) is 0 Å². The van der Waals surface area contributed by atoms with Crippen molar-refractivity contribution in [3.63, 3.8) is 0 Å². The molecule has 0 unspecified atom stereocenters. The first-order valence-electron chi connectivity index (χ1n) is 10.5. The van der Waals surface area contributed by atoms with E-state index in [9.17, 15) is 13.6 Å². The van der Waals surface area contributed by atoms with E-state index in [1.165, 1.54) is 22.0 Å². The quantitative estimate of drug-likeness (QED) is 0.157. The molecule has 5 rings (SSSR count). The summed E-state index contributed by atoms with van der Waals surface area (Å²) in [4.78, 5) is 22.9. The molecule has 0 atom stereocenters. The summed E-state index contributed by atoms with van der Waals surface area (Å²) in [6, 6.07) is 17.9. The van der Waals surface area contributed by atoms with Gasteiger partial charge in [-0.1, -0.05) is 41.3 Å². The van der Waals surface area contributed by atoms with Crippen LogP contribution < -0.4 is 16.3 Å². The molecule has 5 aromatic rings. The molecule has 0 saturated heterocycles. The Hall–Kier alpha value is -3.83. The maximum Gasteiger partial charge on any atom is 0.288 e. The van der Waals surface area contributed by atoms with Crippen LogP contribution in [0.25, 0.3) is 15.9 Å². The number of halogens is 2. The monoisotopic (exact) mass is 508 g/mol. The number of aryl methyl sites for hydroxylation is 1. The first-order chi connectivity index (χ1) is 17.0. The molecule has 2 aromatic carbocycles. The smallest absolute Gasteiger partial charge is 0.288 e. The molecule has 0 aliphatic heterocycles. The first kappa shape index (κ1) is 22.9. The highest BCUT2D eigenvalue weighted by Gasteiger charge is 2.14. The van der Waals surface area contributed by atoms with Crippen LogP contribution in [0, 0.1) is 6.92 Å². The molecule has 0 fully saturated rings. The Morgan fingerprint density at radius 1 is 1.09 bits per heavy atom. The number of pyridine rings is 1. The normalized spacial score (nSPS) is 11.7. The highest BCUT2D eigenvalue weighted by molar-refractivity contribution is 7.99. The summed E-state index contributed by atoms with van der Waals surface area (Å²) in [5, 5.41) is 7.96. The number of anilines is 3. The van der Waals surface area contributed by atoms with Crippen LogP contribution in [0.2, 0.25) is 0 Å². The second kappa shape index (κ2) is 9.80. The number of thiazole rings is 1. The van der Waals surface area contributed by atoms with Crippen molar-refractivity contribution in [2.45, 2.75) is 17.6 Å². The van der Waals surface area contributed by atoms with Gasteiger partial charge in [0.15, 0.2) is 0 Å². The SMILES string of the molecule is Cc1cccn2c(=O)c(C=NNc3nc4ccccc4s3)c(Nc3ccc(SC(F)F)cc3)nc12. The predicted molar refractivity (Wildman–Crippen MR) is 139 cm³/mol. The van der Waals surface area contributed by atoms with Crippen molar-refractivity contribution in [2.24, 2.45) is 5.10 Å². The van der Waals surface area contributed by atoms with Crippen LogP contribution in [-0.2, 0) is 0 Å². The molecule has 3 heterocycles. The molecular weight excluding hydrogens is 490 g/mol. The fourth-order valence-corrected chi connectivity index (χ4v) is 4.77. The number of alkyl halides is 2. The summed E-state index contributed by atoms with van der Waals surface area (Å²) in [5.74, 6) is -2.20. The van der Waals surface area contributed by atoms with Gasteiger partial charge in [-0.3, -0.25) is 14.6 Å². The Kier molecular flexibility index (Phi) is 6.43. The second-order valence-electron chi connectivity index (χ2n) is 7.45. The van der Waals surface area contributed by atoms with E-state index in [1.54, 1.807) is 36.5 Å². The molecular formula is C24H18F2N6OS2. The number of hydrazone groups is 1. The third kappa shape index (κ3) is 5.00. The van der Waals surface area contributed by atoms with E-state index in [1.807, 2.05) is 37.3 Å². The Morgan fingerprint density at radius 3 is 2.66 bits per heavy atom. The number of para-hydroxylation sites is 1. The minimum atomic E-state index is -2.50. The molecule has 35 heavy (non-hydrogen) atoms. The lowest BCUT2D eigenvalue weighted by Gasteiger charge is -2.12. The summed E-state index contributed by atoms with van der Waals surface area (Å²) in [6.07, 6.45) is 3.05. The van der Waals surface area contributed by atoms with Gasteiger partial charge in [0.25, 0.3) is 11.3 Å². The molecule has 2 N–H and O–H groups in total. The lowest BCUT2D eigenvalue weighted by atomic mass is 10.2. The van der Waals surface area contributed by atoms with Gasteiger partial charge in [-0.15, -0.1) is 0 Å². The van der Waals surface area contributed by atoms with E-state index < -0.39 is 5.76 Å². The van der Waals surface area contributed by atoms with E-state index in [0.29, 0.717) is 38.9 Å². The Bertz CT molecular complexity index is 1570. The number of thioether (sulfide) groups is 1. The summed E-state index contributed by atoms with van der Waals surface area (Å²) >= 11 is 1.92. The Balaban J connectivity index is 1.49. The van der Waals surface area contributed by atoms with E-state index in [-0.39, 0.29) is 11.1 Å². The number of hydrogen-bond acceptors (Lipinski definition) is 8. The average Bonchev–Trinajstić information content (AvgIpc) is 3.25. The number of nitrogens with zero attached hydrogens (tertiary/aromatic N) is 4.